The van der Waals surface area contributed by atoms with E-state index in [4.69, 9.17) is 5.73 Å². The van der Waals surface area contributed by atoms with Crippen LogP contribution in [-0.2, 0) is 0 Å². The summed E-state index contributed by atoms with van der Waals surface area (Å²) >= 11 is 3.47. The Kier molecular flexibility index (Phi) is 2.37. The lowest BCUT2D eigenvalue weighted by molar-refractivity contribution is 1.09. The summed E-state index contributed by atoms with van der Waals surface area (Å²) in [6.07, 6.45) is 1.82. The molecule has 0 aliphatic rings. The summed E-state index contributed by atoms with van der Waals surface area (Å²) in [6, 6.07) is 13.8. The van der Waals surface area contributed by atoms with Crippen LogP contribution >= 0.6 is 15.9 Å². The molecule has 0 saturated carbocycles. The first-order valence-corrected chi connectivity index (χ1v) is 6.02. The first-order valence-electron chi connectivity index (χ1n) is 5.22. The molecule has 3 aromatic rings. The van der Waals surface area contributed by atoms with E-state index in [0.717, 1.165) is 26.9 Å². The quantitative estimate of drug-likeness (QED) is 0.698. The minimum atomic E-state index is 0.763. The number of rotatable bonds is 1. The van der Waals surface area contributed by atoms with E-state index in [-0.39, 0.29) is 0 Å². The van der Waals surface area contributed by atoms with E-state index in [1.807, 2.05) is 47.3 Å². The van der Waals surface area contributed by atoms with Crippen molar-refractivity contribution in [3.05, 3.63) is 53.3 Å². The van der Waals surface area contributed by atoms with Crippen molar-refractivity contribution in [1.29, 1.82) is 0 Å². The van der Waals surface area contributed by atoms with Crippen LogP contribution in [0.4, 0.5) is 5.69 Å². The number of nitrogens with zero attached hydrogens (tertiary/aromatic N) is 2. The van der Waals surface area contributed by atoms with Crippen molar-refractivity contribution < 1.29 is 0 Å². The summed E-state index contributed by atoms with van der Waals surface area (Å²) in [5.41, 5.74) is 9.55. The van der Waals surface area contributed by atoms with E-state index in [2.05, 4.69) is 27.0 Å². The molecule has 84 valence electrons. The van der Waals surface area contributed by atoms with Crippen LogP contribution in [0.3, 0.4) is 0 Å². The smallest absolute Gasteiger partial charge is 0.100 e. The van der Waals surface area contributed by atoms with Gasteiger partial charge in [-0.3, -0.25) is 4.57 Å². The van der Waals surface area contributed by atoms with Gasteiger partial charge in [-0.15, -0.1) is 0 Å². The fraction of sp³-hybridized carbons (Fsp3) is 0. The van der Waals surface area contributed by atoms with Crippen LogP contribution in [0.15, 0.2) is 53.3 Å². The number of fused-ring (bicyclic) bond motifs is 1. The van der Waals surface area contributed by atoms with Gasteiger partial charge in [-0.25, -0.2) is 4.98 Å². The van der Waals surface area contributed by atoms with Crippen molar-refractivity contribution in [1.82, 2.24) is 9.55 Å². The number of benzene rings is 2. The highest BCUT2D eigenvalue weighted by atomic mass is 79.9. The van der Waals surface area contributed by atoms with Gasteiger partial charge in [0.1, 0.15) is 6.33 Å². The Morgan fingerprint density at radius 2 is 1.82 bits per heavy atom. The lowest BCUT2D eigenvalue weighted by Gasteiger charge is -2.04. The number of imidazole rings is 1. The van der Waals surface area contributed by atoms with Crippen LogP contribution in [0.2, 0.25) is 0 Å². The zero-order chi connectivity index (χ0) is 11.8. The molecule has 2 aromatic carbocycles. The van der Waals surface area contributed by atoms with Gasteiger partial charge < -0.3 is 5.73 Å². The molecular weight excluding hydrogens is 278 g/mol. The second-order valence-corrected chi connectivity index (χ2v) is 4.75. The molecule has 0 unspecified atom stereocenters. The number of hydrogen-bond acceptors (Lipinski definition) is 2. The van der Waals surface area contributed by atoms with Crippen LogP contribution in [0.5, 0.6) is 0 Å². The molecule has 1 heterocycles. The normalized spacial score (nSPS) is 10.9. The third-order valence-corrected chi connectivity index (χ3v) is 3.17. The van der Waals surface area contributed by atoms with Crippen LogP contribution in [-0.4, -0.2) is 9.55 Å². The zero-order valence-electron chi connectivity index (χ0n) is 8.97. The van der Waals surface area contributed by atoms with Gasteiger partial charge in [-0.1, -0.05) is 15.9 Å². The zero-order valence-corrected chi connectivity index (χ0v) is 10.6. The van der Waals surface area contributed by atoms with Crippen molar-refractivity contribution >= 4 is 32.7 Å². The van der Waals surface area contributed by atoms with Gasteiger partial charge in [-0.2, -0.15) is 0 Å². The number of aromatic nitrogens is 2. The van der Waals surface area contributed by atoms with E-state index in [1.165, 1.54) is 0 Å². The van der Waals surface area contributed by atoms with Crippen molar-refractivity contribution in [2.24, 2.45) is 0 Å². The Balaban J connectivity index is 2.23. The summed E-state index contributed by atoms with van der Waals surface area (Å²) < 4.78 is 3.08. The summed E-state index contributed by atoms with van der Waals surface area (Å²) in [5.74, 6) is 0. The standard InChI is InChI=1S/C13H10BrN3/c14-9-1-6-12-13(7-9)17(8-16-12)11-4-2-10(15)3-5-11/h1-8H,15H2. The number of hydrogen-bond donors (Lipinski definition) is 1. The number of nitrogen functional groups attached to an aromatic ring is 1. The minimum Gasteiger partial charge on any atom is -0.399 e. The monoisotopic (exact) mass is 287 g/mol. The van der Waals surface area contributed by atoms with Gasteiger partial charge in [0.05, 0.1) is 11.0 Å². The van der Waals surface area contributed by atoms with Crippen molar-refractivity contribution in [2.45, 2.75) is 0 Å². The van der Waals surface area contributed by atoms with Gasteiger partial charge in [0, 0.05) is 15.8 Å². The first kappa shape index (κ1) is 10.4. The average Bonchev–Trinajstić information content (AvgIpc) is 2.73. The lowest BCUT2D eigenvalue weighted by atomic mass is 10.2. The van der Waals surface area contributed by atoms with Gasteiger partial charge in [0.2, 0.25) is 0 Å². The van der Waals surface area contributed by atoms with E-state index >= 15 is 0 Å². The molecule has 0 fully saturated rings. The van der Waals surface area contributed by atoms with Crippen molar-refractivity contribution in [3.63, 3.8) is 0 Å². The highest BCUT2D eigenvalue weighted by molar-refractivity contribution is 9.10. The fourth-order valence-corrected chi connectivity index (χ4v) is 2.17. The Morgan fingerprint density at radius 1 is 1.06 bits per heavy atom. The molecule has 3 nitrogen and oxygen atoms in total. The summed E-state index contributed by atoms with van der Waals surface area (Å²) in [4.78, 5) is 4.37. The summed E-state index contributed by atoms with van der Waals surface area (Å²) in [6.45, 7) is 0. The van der Waals surface area contributed by atoms with Gasteiger partial charge in [0.25, 0.3) is 0 Å². The van der Waals surface area contributed by atoms with E-state index in [0.29, 0.717) is 0 Å². The molecule has 2 N–H and O–H groups in total. The Labute approximate surface area is 107 Å². The molecule has 0 spiro atoms. The number of anilines is 1. The van der Waals surface area contributed by atoms with Crippen LogP contribution in [0, 0.1) is 0 Å². The van der Waals surface area contributed by atoms with E-state index in [1.54, 1.807) is 0 Å². The molecule has 3 rings (SSSR count). The lowest BCUT2D eigenvalue weighted by Crippen LogP contribution is -1.92. The Hall–Kier alpha value is -1.81. The number of halogens is 1. The predicted octanol–water partition coefficient (Wildman–Crippen LogP) is 3.37. The van der Waals surface area contributed by atoms with Gasteiger partial charge >= 0.3 is 0 Å². The molecule has 0 atom stereocenters. The third-order valence-electron chi connectivity index (χ3n) is 2.68. The average molecular weight is 288 g/mol. The van der Waals surface area contributed by atoms with Gasteiger partial charge in [-0.05, 0) is 42.5 Å². The minimum absolute atomic E-state index is 0.763. The van der Waals surface area contributed by atoms with E-state index in [9.17, 15) is 0 Å². The highest BCUT2D eigenvalue weighted by Crippen LogP contribution is 2.22. The number of nitrogens with two attached hydrogens (primary N) is 1. The molecule has 0 bridgehead atoms. The molecule has 1 aromatic heterocycles. The predicted molar refractivity (Wildman–Crippen MR) is 73.2 cm³/mol. The summed E-state index contributed by atoms with van der Waals surface area (Å²) in [7, 11) is 0. The van der Waals surface area contributed by atoms with Crippen molar-refractivity contribution in [3.8, 4) is 5.69 Å². The molecule has 0 saturated heterocycles. The first-order chi connectivity index (χ1) is 8.24. The molecule has 0 aliphatic heterocycles. The fourth-order valence-electron chi connectivity index (χ4n) is 1.82. The maximum atomic E-state index is 5.68. The molecule has 17 heavy (non-hydrogen) atoms. The van der Waals surface area contributed by atoms with Crippen LogP contribution in [0.1, 0.15) is 0 Å². The molecule has 0 aliphatic carbocycles. The van der Waals surface area contributed by atoms with Gasteiger partial charge in [0.15, 0.2) is 0 Å². The van der Waals surface area contributed by atoms with Crippen molar-refractivity contribution in [2.75, 3.05) is 5.73 Å². The second-order valence-electron chi connectivity index (χ2n) is 3.84. The molecule has 0 amide bonds. The largest absolute Gasteiger partial charge is 0.399 e. The third kappa shape index (κ3) is 1.80. The maximum Gasteiger partial charge on any atom is 0.100 e. The Bertz CT molecular complexity index is 671. The second kappa shape index (κ2) is 3.89. The SMILES string of the molecule is Nc1ccc(-n2cnc3ccc(Br)cc32)cc1. The molecule has 0 radical (unpaired) electrons. The van der Waals surface area contributed by atoms with Crippen LogP contribution < -0.4 is 5.73 Å². The highest BCUT2D eigenvalue weighted by Gasteiger charge is 2.04. The maximum absolute atomic E-state index is 5.68. The Morgan fingerprint density at radius 3 is 2.59 bits per heavy atom. The topological polar surface area (TPSA) is 43.8 Å². The summed E-state index contributed by atoms with van der Waals surface area (Å²) in [5, 5.41) is 0. The molecular formula is C13H10BrN3. The molecule has 4 heteroatoms. The van der Waals surface area contributed by atoms with Crippen LogP contribution in [0.25, 0.3) is 16.7 Å². The van der Waals surface area contributed by atoms with E-state index < -0.39 is 0 Å².